The second kappa shape index (κ2) is 7.14. The molecule has 0 saturated carbocycles. The first-order chi connectivity index (χ1) is 8.24. The van der Waals surface area contributed by atoms with Gasteiger partial charge in [-0.05, 0) is 26.0 Å². The minimum atomic E-state index is -0.381. The van der Waals surface area contributed by atoms with Gasteiger partial charge in [0.2, 0.25) is 0 Å². The van der Waals surface area contributed by atoms with Crippen LogP contribution in [0, 0.1) is 0 Å². The molecular formula is C13H20O4. The van der Waals surface area contributed by atoms with E-state index >= 15 is 0 Å². The van der Waals surface area contributed by atoms with Crippen LogP contribution in [-0.4, -0.2) is 27.4 Å². The first-order valence-corrected chi connectivity index (χ1v) is 5.71. The summed E-state index contributed by atoms with van der Waals surface area (Å²) in [6, 6.07) is 5.59. The standard InChI is InChI=1S/C13H20O4/c1-5-16-13(17-6-2)10-7-11(14-3)9-12(8-10)15-4/h7-9,13H,5-6H2,1-4H3. The van der Waals surface area contributed by atoms with Gasteiger partial charge in [0.1, 0.15) is 11.5 Å². The molecule has 0 aliphatic carbocycles. The summed E-state index contributed by atoms with van der Waals surface area (Å²) in [5.41, 5.74) is 0.893. The molecule has 0 saturated heterocycles. The summed E-state index contributed by atoms with van der Waals surface area (Å²) < 4.78 is 21.5. The molecule has 0 amide bonds. The molecule has 17 heavy (non-hydrogen) atoms. The van der Waals surface area contributed by atoms with Crippen molar-refractivity contribution in [3.63, 3.8) is 0 Å². The second-order valence-electron chi connectivity index (χ2n) is 3.39. The summed E-state index contributed by atoms with van der Waals surface area (Å²) in [6.45, 7) is 5.04. The average Bonchev–Trinajstić information content (AvgIpc) is 2.37. The minimum Gasteiger partial charge on any atom is -0.497 e. The van der Waals surface area contributed by atoms with Crippen LogP contribution >= 0.6 is 0 Å². The van der Waals surface area contributed by atoms with Gasteiger partial charge >= 0.3 is 0 Å². The molecule has 1 aromatic carbocycles. The molecule has 0 atom stereocenters. The number of rotatable bonds is 7. The highest BCUT2D eigenvalue weighted by atomic mass is 16.7. The lowest BCUT2D eigenvalue weighted by molar-refractivity contribution is -0.140. The molecule has 96 valence electrons. The van der Waals surface area contributed by atoms with E-state index in [4.69, 9.17) is 18.9 Å². The van der Waals surface area contributed by atoms with Crippen molar-refractivity contribution >= 4 is 0 Å². The lowest BCUT2D eigenvalue weighted by atomic mass is 10.2. The van der Waals surface area contributed by atoms with Gasteiger partial charge in [-0.25, -0.2) is 0 Å². The molecule has 4 nitrogen and oxygen atoms in total. The summed E-state index contributed by atoms with van der Waals surface area (Å²) in [5.74, 6) is 1.45. The number of benzene rings is 1. The van der Waals surface area contributed by atoms with Gasteiger partial charge < -0.3 is 18.9 Å². The van der Waals surface area contributed by atoms with E-state index in [1.54, 1.807) is 14.2 Å². The lowest BCUT2D eigenvalue weighted by Crippen LogP contribution is -2.09. The van der Waals surface area contributed by atoms with Crippen LogP contribution in [0.4, 0.5) is 0 Å². The van der Waals surface area contributed by atoms with Gasteiger partial charge in [-0.1, -0.05) is 0 Å². The summed E-state index contributed by atoms with van der Waals surface area (Å²) in [4.78, 5) is 0. The van der Waals surface area contributed by atoms with E-state index < -0.39 is 0 Å². The Labute approximate surface area is 102 Å². The monoisotopic (exact) mass is 240 g/mol. The Bertz CT molecular complexity index is 310. The van der Waals surface area contributed by atoms with Crippen LogP contribution in [0.2, 0.25) is 0 Å². The van der Waals surface area contributed by atoms with Gasteiger partial charge in [-0.2, -0.15) is 0 Å². The zero-order valence-corrected chi connectivity index (χ0v) is 10.9. The molecule has 0 aromatic heterocycles. The Morgan fingerprint density at radius 2 is 1.35 bits per heavy atom. The molecule has 0 N–H and O–H groups in total. The van der Waals surface area contributed by atoms with E-state index in [-0.39, 0.29) is 6.29 Å². The highest BCUT2D eigenvalue weighted by Crippen LogP contribution is 2.28. The maximum Gasteiger partial charge on any atom is 0.184 e. The molecule has 0 aliphatic rings. The number of methoxy groups -OCH3 is 2. The van der Waals surface area contributed by atoms with Gasteiger partial charge in [-0.3, -0.25) is 0 Å². The van der Waals surface area contributed by atoms with Crippen LogP contribution in [0.25, 0.3) is 0 Å². The van der Waals surface area contributed by atoms with E-state index in [0.717, 1.165) is 17.1 Å². The van der Waals surface area contributed by atoms with Crippen molar-refractivity contribution in [3.05, 3.63) is 23.8 Å². The maximum absolute atomic E-state index is 5.53. The molecule has 0 spiro atoms. The fraction of sp³-hybridized carbons (Fsp3) is 0.538. The number of hydrogen-bond acceptors (Lipinski definition) is 4. The third-order valence-electron chi connectivity index (χ3n) is 2.28. The van der Waals surface area contributed by atoms with Gasteiger partial charge in [0, 0.05) is 24.8 Å². The van der Waals surface area contributed by atoms with Crippen molar-refractivity contribution in [1.82, 2.24) is 0 Å². The summed E-state index contributed by atoms with van der Waals surface area (Å²) in [5, 5.41) is 0. The fourth-order valence-electron chi connectivity index (χ4n) is 1.51. The zero-order valence-electron chi connectivity index (χ0n) is 10.9. The summed E-state index contributed by atoms with van der Waals surface area (Å²) in [6.07, 6.45) is -0.381. The predicted molar refractivity (Wildman–Crippen MR) is 65.5 cm³/mol. The van der Waals surface area contributed by atoms with Gasteiger partial charge in [0.25, 0.3) is 0 Å². The second-order valence-corrected chi connectivity index (χ2v) is 3.39. The Morgan fingerprint density at radius 1 is 0.882 bits per heavy atom. The predicted octanol–water partition coefficient (Wildman–Crippen LogP) is 2.78. The Balaban J connectivity index is 2.99. The zero-order chi connectivity index (χ0) is 12.7. The van der Waals surface area contributed by atoms with E-state index in [0.29, 0.717) is 13.2 Å². The fourth-order valence-corrected chi connectivity index (χ4v) is 1.51. The third kappa shape index (κ3) is 3.91. The highest BCUT2D eigenvalue weighted by Gasteiger charge is 2.13. The van der Waals surface area contributed by atoms with E-state index in [1.807, 2.05) is 32.0 Å². The minimum absolute atomic E-state index is 0.381. The van der Waals surface area contributed by atoms with E-state index in [9.17, 15) is 0 Å². The van der Waals surface area contributed by atoms with Gasteiger partial charge in [-0.15, -0.1) is 0 Å². The molecule has 0 bridgehead atoms. The first-order valence-electron chi connectivity index (χ1n) is 5.71. The third-order valence-corrected chi connectivity index (χ3v) is 2.28. The van der Waals surface area contributed by atoms with Crippen LogP contribution in [0.3, 0.4) is 0 Å². The van der Waals surface area contributed by atoms with Crippen LogP contribution < -0.4 is 9.47 Å². The lowest BCUT2D eigenvalue weighted by Gasteiger charge is -2.18. The van der Waals surface area contributed by atoms with Crippen molar-refractivity contribution in [3.8, 4) is 11.5 Å². The Hall–Kier alpha value is -1.26. The molecule has 0 aliphatic heterocycles. The Kier molecular flexibility index (Phi) is 5.80. The van der Waals surface area contributed by atoms with Crippen molar-refractivity contribution < 1.29 is 18.9 Å². The molecule has 0 radical (unpaired) electrons. The SMILES string of the molecule is CCOC(OCC)c1cc(OC)cc(OC)c1. The molecule has 1 aromatic rings. The van der Waals surface area contributed by atoms with Gasteiger partial charge in [0.15, 0.2) is 6.29 Å². The van der Waals surface area contributed by atoms with E-state index in [2.05, 4.69) is 0 Å². The summed E-state index contributed by atoms with van der Waals surface area (Å²) in [7, 11) is 3.24. The maximum atomic E-state index is 5.53. The average molecular weight is 240 g/mol. The molecule has 1 rings (SSSR count). The molecule has 0 fully saturated rings. The topological polar surface area (TPSA) is 36.9 Å². The number of ether oxygens (including phenoxy) is 4. The van der Waals surface area contributed by atoms with Crippen LogP contribution in [0.15, 0.2) is 18.2 Å². The quantitative estimate of drug-likeness (QED) is 0.687. The molecule has 0 unspecified atom stereocenters. The largest absolute Gasteiger partial charge is 0.497 e. The smallest absolute Gasteiger partial charge is 0.184 e. The van der Waals surface area contributed by atoms with Crippen LogP contribution in [0.5, 0.6) is 11.5 Å². The van der Waals surface area contributed by atoms with Crippen LogP contribution in [0.1, 0.15) is 25.7 Å². The highest BCUT2D eigenvalue weighted by molar-refractivity contribution is 5.39. The van der Waals surface area contributed by atoms with E-state index in [1.165, 1.54) is 0 Å². The van der Waals surface area contributed by atoms with Crippen LogP contribution in [-0.2, 0) is 9.47 Å². The molecule has 4 heteroatoms. The normalized spacial score (nSPS) is 10.6. The van der Waals surface area contributed by atoms with Crippen molar-refractivity contribution in [2.45, 2.75) is 20.1 Å². The van der Waals surface area contributed by atoms with Crippen molar-refractivity contribution in [1.29, 1.82) is 0 Å². The summed E-state index contributed by atoms with van der Waals surface area (Å²) >= 11 is 0. The van der Waals surface area contributed by atoms with Crippen molar-refractivity contribution in [2.75, 3.05) is 27.4 Å². The Morgan fingerprint density at radius 3 is 1.71 bits per heavy atom. The van der Waals surface area contributed by atoms with Crippen molar-refractivity contribution in [2.24, 2.45) is 0 Å². The molecule has 0 heterocycles. The molecular weight excluding hydrogens is 220 g/mol. The number of hydrogen-bond donors (Lipinski definition) is 0. The first kappa shape index (κ1) is 13.8. The van der Waals surface area contributed by atoms with Gasteiger partial charge in [0.05, 0.1) is 14.2 Å².